The minimum Gasteiger partial charge on any atom is -0.271 e. The largest absolute Gasteiger partial charge is 0.271 e. The van der Waals surface area contributed by atoms with E-state index >= 15 is 0 Å². The molecule has 0 aliphatic heterocycles. The predicted molar refractivity (Wildman–Crippen MR) is 33.3 cm³/mol. The molecule has 0 unspecified atom stereocenters. The van der Waals surface area contributed by atoms with E-state index < -0.39 is 0 Å². The highest BCUT2D eigenvalue weighted by atomic mass is 16.8. The summed E-state index contributed by atoms with van der Waals surface area (Å²) in [7, 11) is 0. The van der Waals surface area contributed by atoms with Gasteiger partial charge < -0.3 is 0 Å². The van der Waals surface area contributed by atoms with Crippen LogP contribution >= 0.6 is 0 Å². The van der Waals surface area contributed by atoms with Crippen LogP contribution < -0.4 is 5.43 Å². The number of hydrogen-bond acceptors (Lipinski definition) is 5. The van der Waals surface area contributed by atoms with Crippen molar-refractivity contribution < 1.29 is 10.4 Å². The van der Waals surface area contributed by atoms with E-state index in [-0.39, 0.29) is 5.34 Å². The lowest BCUT2D eigenvalue weighted by molar-refractivity contribution is -0.288. The maximum Gasteiger partial charge on any atom is 0.143 e. The van der Waals surface area contributed by atoms with Crippen LogP contribution in [0.4, 0.5) is 5.82 Å². The van der Waals surface area contributed by atoms with Gasteiger partial charge in [-0.3, -0.25) is 15.8 Å². The first kappa shape index (κ1) is 6.94. The van der Waals surface area contributed by atoms with Crippen molar-refractivity contribution in [1.82, 2.24) is 10.3 Å². The molecule has 0 aromatic carbocycles. The first-order chi connectivity index (χ1) is 4.79. The van der Waals surface area contributed by atoms with Gasteiger partial charge in [-0.15, -0.1) is 0 Å². The number of nitrogens with zero attached hydrogens (tertiary/aromatic N) is 2. The van der Waals surface area contributed by atoms with E-state index in [2.05, 4.69) is 10.4 Å². The van der Waals surface area contributed by atoms with Crippen LogP contribution in [0.3, 0.4) is 0 Å². The molecule has 3 N–H and O–H groups in total. The van der Waals surface area contributed by atoms with E-state index in [1.165, 1.54) is 6.20 Å². The fraction of sp³-hybridized carbons (Fsp3) is 0. The summed E-state index contributed by atoms with van der Waals surface area (Å²) in [6.07, 6.45) is 1.53. The van der Waals surface area contributed by atoms with Gasteiger partial charge in [-0.25, -0.2) is 4.98 Å². The van der Waals surface area contributed by atoms with E-state index in [1.54, 1.807) is 18.2 Å². The van der Waals surface area contributed by atoms with E-state index in [0.29, 0.717) is 5.82 Å². The molecule has 0 aliphatic carbocycles. The smallest absolute Gasteiger partial charge is 0.143 e. The number of anilines is 1. The molecule has 0 atom stereocenters. The highest BCUT2D eigenvalue weighted by molar-refractivity contribution is 5.30. The summed E-state index contributed by atoms with van der Waals surface area (Å²) < 4.78 is 0. The molecule has 54 valence electrons. The molecule has 5 heteroatoms. The van der Waals surface area contributed by atoms with Crippen molar-refractivity contribution in [1.29, 1.82) is 0 Å². The third-order valence-corrected chi connectivity index (χ3v) is 0.879. The predicted octanol–water partition coefficient (Wildman–Crippen LogP) is 0.489. The third kappa shape index (κ3) is 1.98. The number of nitrogens with one attached hydrogen (secondary N) is 1. The molecule has 5 nitrogen and oxygen atoms in total. The summed E-state index contributed by atoms with van der Waals surface area (Å²) in [5.74, 6) is 0.368. The minimum atomic E-state index is -0.150. The summed E-state index contributed by atoms with van der Waals surface area (Å²) in [6, 6.07) is 5.04. The Morgan fingerprint density at radius 3 is 2.70 bits per heavy atom. The van der Waals surface area contributed by atoms with Crippen LogP contribution in [-0.2, 0) is 0 Å². The standard InChI is InChI=1S/C5H7N3O2/c9-8(10)7-5-3-1-2-4-6-5/h1-4,9-10H,(H,6,7). The molecule has 0 bridgehead atoms. The van der Waals surface area contributed by atoms with Crippen molar-refractivity contribution in [3.05, 3.63) is 24.4 Å². The Morgan fingerprint density at radius 1 is 1.40 bits per heavy atom. The average Bonchev–Trinajstić information content (AvgIpc) is 1.88. The van der Waals surface area contributed by atoms with Crippen molar-refractivity contribution in [3.63, 3.8) is 0 Å². The Bertz CT molecular complexity index is 189. The summed E-state index contributed by atoms with van der Waals surface area (Å²) in [4.78, 5) is 3.75. The topological polar surface area (TPSA) is 68.6 Å². The maximum atomic E-state index is 8.24. The van der Waals surface area contributed by atoms with E-state index in [1.807, 2.05) is 0 Å². The normalized spacial score (nSPS) is 9.90. The summed E-state index contributed by atoms with van der Waals surface area (Å²) >= 11 is 0. The van der Waals surface area contributed by atoms with Crippen LogP contribution in [-0.4, -0.2) is 20.7 Å². The molecule has 0 fully saturated rings. The van der Waals surface area contributed by atoms with Gasteiger partial charge in [-0.05, 0) is 12.1 Å². The van der Waals surface area contributed by atoms with Crippen LogP contribution in [0.1, 0.15) is 0 Å². The Kier molecular flexibility index (Phi) is 2.16. The third-order valence-electron chi connectivity index (χ3n) is 0.879. The maximum absolute atomic E-state index is 8.24. The minimum absolute atomic E-state index is 0.150. The van der Waals surface area contributed by atoms with Crippen LogP contribution in [0.25, 0.3) is 0 Å². The fourth-order valence-corrected chi connectivity index (χ4v) is 0.531. The van der Waals surface area contributed by atoms with Crippen molar-refractivity contribution in [2.45, 2.75) is 0 Å². The molecule has 1 aromatic rings. The molecule has 0 aliphatic rings. The van der Waals surface area contributed by atoms with Gasteiger partial charge in [0.15, 0.2) is 0 Å². The fourth-order valence-electron chi connectivity index (χ4n) is 0.531. The molecular weight excluding hydrogens is 134 g/mol. The summed E-state index contributed by atoms with van der Waals surface area (Å²) in [6.45, 7) is 0. The second-order valence-corrected chi connectivity index (χ2v) is 1.62. The molecule has 0 saturated heterocycles. The molecule has 0 radical (unpaired) electrons. The Balaban J connectivity index is 2.59. The van der Waals surface area contributed by atoms with Gasteiger partial charge in [-0.1, -0.05) is 6.07 Å². The first-order valence-corrected chi connectivity index (χ1v) is 2.64. The second-order valence-electron chi connectivity index (χ2n) is 1.62. The van der Waals surface area contributed by atoms with Crippen LogP contribution in [0.2, 0.25) is 0 Å². The lowest BCUT2D eigenvalue weighted by atomic mass is 10.5. The quantitative estimate of drug-likeness (QED) is 0.523. The molecular formula is C5H7N3O2. The highest BCUT2D eigenvalue weighted by Crippen LogP contribution is 1.98. The van der Waals surface area contributed by atoms with E-state index in [9.17, 15) is 0 Å². The van der Waals surface area contributed by atoms with E-state index in [4.69, 9.17) is 10.4 Å². The summed E-state index contributed by atoms with van der Waals surface area (Å²) in [5, 5.41) is 16.3. The second kappa shape index (κ2) is 3.11. The van der Waals surface area contributed by atoms with Crippen LogP contribution in [0.15, 0.2) is 24.4 Å². The average molecular weight is 141 g/mol. The van der Waals surface area contributed by atoms with Crippen LogP contribution in [0.5, 0.6) is 0 Å². The number of aromatic nitrogens is 1. The van der Waals surface area contributed by atoms with Gasteiger partial charge in [-0.2, -0.15) is 0 Å². The SMILES string of the molecule is ON(O)Nc1ccccn1. The number of hydrogen-bond donors (Lipinski definition) is 3. The number of pyridine rings is 1. The highest BCUT2D eigenvalue weighted by Gasteiger charge is 1.92. The van der Waals surface area contributed by atoms with Gasteiger partial charge in [0.05, 0.1) is 0 Å². The zero-order valence-electron chi connectivity index (χ0n) is 5.10. The van der Waals surface area contributed by atoms with Gasteiger partial charge >= 0.3 is 0 Å². The van der Waals surface area contributed by atoms with Gasteiger partial charge in [0, 0.05) is 11.5 Å². The zero-order valence-corrected chi connectivity index (χ0v) is 5.10. The van der Waals surface area contributed by atoms with Crippen molar-refractivity contribution in [2.24, 2.45) is 0 Å². The lowest BCUT2D eigenvalue weighted by Gasteiger charge is -2.06. The molecule has 1 aromatic heterocycles. The molecule has 10 heavy (non-hydrogen) atoms. The number of rotatable bonds is 2. The van der Waals surface area contributed by atoms with Gasteiger partial charge in [0.1, 0.15) is 5.82 Å². The Labute approximate surface area is 57.4 Å². The van der Waals surface area contributed by atoms with Crippen molar-refractivity contribution >= 4 is 5.82 Å². The van der Waals surface area contributed by atoms with Crippen molar-refractivity contribution in [2.75, 3.05) is 5.43 Å². The first-order valence-electron chi connectivity index (χ1n) is 2.64. The van der Waals surface area contributed by atoms with Crippen molar-refractivity contribution in [3.8, 4) is 0 Å². The molecule has 1 heterocycles. The molecule has 1 rings (SSSR count). The molecule has 0 saturated carbocycles. The monoisotopic (exact) mass is 141 g/mol. The number of hydrazine groups is 1. The van der Waals surface area contributed by atoms with E-state index in [0.717, 1.165) is 0 Å². The Hall–Kier alpha value is -1.17. The Morgan fingerprint density at radius 2 is 2.20 bits per heavy atom. The van der Waals surface area contributed by atoms with Gasteiger partial charge in [0.25, 0.3) is 0 Å². The summed E-state index contributed by atoms with van der Waals surface area (Å²) in [5.41, 5.74) is 2.14. The molecule has 0 spiro atoms. The zero-order chi connectivity index (χ0) is 7.40. The van der Waals surface area contributed by atoms with Crippen LogP contribution in [0, 0.1) is 0 Å². The lowest BCUT2D eigenvalue weighted by Crippen LogP contribution is -2.21. The van der Waals surface area contributed by atoms with Gasteiger partial charge in [0.2, 0.25) is 0 Å². The molecule has 0 amide bonds.